The molecule has 1 saturated heterocycles. The highest BCUT2D eigenvalue weighted by atomic mass is 32.2. The van der Waals surface area contributed by atoms with Crippen LogP contribution in [0.4, 0.5) is 0 Å². The maximum atomic E-state index is 13.1. The second-order valence-corrected chi connectivity index (χ2v) is 8.85. The number of benzene rings is 2. The molecule has 1 fully saturated rings. The molecule has 1 heterocycles. The minimum Gasteiger partial charge on any atom is -0.493 e. The summed E-state index contributed by atoms with van der Waals surface area (Å²) in [6.45, 7) is 2.38. The lowest BCUT2D eigenvalue weighted by atomic mass is 10.2. The molecule has 0 saturated carbocycles. The lowest BCUT2D eigenvalue weighted by Gasteiger charge is -2.24. The van der Waals surface area contributed by atoms with Gasteiger partial charge in [0.1, 0.15) is 0 Å². The van der Waals surface area contributed by atoms with Gasteiger partial charge in [0, 0.05) is 12.3 Å². The van der Waals surface area contributed by atoms with Gasteiger partial charge in [-0.05, 0) is 42.3 Å². The topological polar surface area (TPSA) is 55.8 Å². The van der Waals surface area contributed by atoms with Gasteiger partial charge >= 0.3 is 0 Å². The Morgan fingerprint density at radius 3 is 2.52 bits per heavy atom. The normalized spacial score (nSPS) is 18.3. The summed E-state index contributed by atoms with van der Waals surface area (Å²) >= 11 is 1.61. The van der Waals surface area contributed by atoms with Gasteiger partial charge in [-0.25, -0.2) is 8.42 Å². The van der Waals surface area contributed by atoms with Crippen LogP contribution < -0.4 is 9.47 Å². The fraction of sp³-hybridized carbons (Fsp3) is 0.333. The molecule has 7 heteroatoms. The van der Waals surface area contributed by atoms with Crippen molar-refractivity contribution in [3.8, 4) is 11.5 Å². The second-order valence-electron chi connectivity index (χ2n) is 5.77. The summed E-state index contributed by atoms with van der Waals surface area (Å²) in [6.07, 6.45) is 0. The van der Waals surface area contributed by atoms with E-state index in [1.165, 1.54) is 0 Å². The van der Waals surface area contributed by atoms with Crippen LogP contribution >= 0.6 is 11.8 Å². The van der Waals surface area contributed by atoms with Crippen LogP contribution in [-0.2, 0) is 10.0 Å². The first kappa shape index (κ1) is 18.1. The average Bonchev–Trinajstić information content (AvgIpc) is 3.11. The fourth-order valence-corrected chi connectivity index (χ4v) is 6.22. The number of hydrogen-bond donors (Lipinski definition) is 0. The van der Waals surface area contributed by atoms with Gasteiger partial charge in [-0.1, -0.05) is 18.2 Å². The fourth-order valence-electron chi connectivity index (χ4n) is 2.88. The van der Waals surface area contributed by atoms with Gasteiger partial charge in [-0.3, -0.25) is 0 Å². The Morgan fingerprint density at radius 1 is 1.08 bits per heavy atom. The number of methoxy groups -OCH3 is 2. The molecule has 0 aromatic heterocycles. The van der Waals surface area contributed by atoms with Crippen molar-refractivity contribution in [2.24, 2.45) is 0 Å². The number of aryl methyl sites for hydroxylation is 1. The van der Waals surface area contributed by atoms with E-state index in [0.29, 0.717) is 22.9 Å². The Morgan fingerprint density at radius 2 is 1.84 bits per heavy atom. The highest BCUT2D eigenvalue weighted by Gasteiger charge is 2.37. The Hall–Kier alpha value is -1.70. The molecule has 0 bridgehead atoms. The molecule has 0 unspecified atom stereocenters. The summed E-state index contributed by atoms with van der Waals surface area (Å²) in [4.78, 5) is 0.334. The SMILES string of the molecule is COc1ccc([C@H]2SCCN2S(=O)(=O)c2cccc(C)c2)cc1OC. The minimum absolute atomic E-state index is 0.273. The monoisotopic (exact) mass is 379 g/mol. The summed E-state index contributed by atoms with van der Waals surface area (Å²) in [5.74, 6) is 1.98. The average molecular weight is 380 g/mol. The van der Waals surface area contributed by atoms with Crippen molar-refractivity contribution >= 4 is 21.8 Å². The van der Waals surface area contributed by atoms with E-state index >= 15 is 0 Å². The van der Waals surface area contributed by atoms with E-state index in [1.807, 2.05) is 31.2 Å². The summed E-state index contributed by atoms with van der Waals surface area (Å²) in [6, 6.07) is 12.6. The predicted molar refractivity (Wildman–Crippen MR) is 99.8 cm³/mol. The van der Waals surface area contributed by atoms with Gasteiger partial charge < -0.3 is 9.47 Å². The smallest absolute Gasteiger partial charge is 0.244 e. The molecule has 0 spiro atoms. The number of ether oxygens (including phenoxy) is 2. The standard InChI is InChI=1S/C18H21NO4S2/c1-13-5-4-6-15(11-13)25(20,21)19-9-10-24-18(19)14-7-8-16(22-2)17(12-14)23-3/h4-8,11-12,18H,9-10H2,1-3H3/t18-/m1/s1. The molecule has 1 atom stereocenters. The maximum Gasteiger partial charge on any atom is 0.244 e. The minimum atomic E-state index is -3.55. The van der Waals surface area contributed by atoms with E-state index in [4.69, 9.17) is 9.47 Å². The Labute approximate surface area is 153 Å². The molecule has 0 amide bonds. The molecule has 1 aliphatic heterocycles. The van der Waals surface area contributed by atoms with Crippen LogP contribution in [0.25, 0.3) is 0 Å². The summed E-state index contributed by atoms with van der Waals surface area (Å²) in [5, 5.41) is -0.273. The molecule has 0 N–H and O–H groups in total. The Balaban J connectivity index is 1.98. The van der Waals surface area contributed by atoms with E-state index < -0.39 is 10.0 Å². The first-order valence-electron chi connectivity index (χ1n) is 7.89. The molecular weight excluding hydrogens is 358 g/mol. The lowest BCUT2D eigenvalue weighted by molar-refractivity contribution is 0.353. The third-order valence-electron chi connectivity index (χ3n) is 4.14. The zero-order valence-electron chi connectivity index (χ0n) is 14.4. The van der Waals surface area contributed by atoms with Gasteiger partial charge in [-0.15, -0.1) is 11.8 Å². The van der Waals surface area contributed by atoms with E-state index in [0.717, 1.165) is 16.9 Å². The van der Waals surface area contributed by atoms with Crippen molar-refractivity contribution in [1.82, 2.24) is 4.31 Å². The highest BCUT2D eigenvalue weighted by Crippen LogP contribution is 2.43. The lowest BCUT2D eigenvalue weighted by Crippen LogP contribution is -2.30. The van der Waals surface area contributed by atoms with Crippen LogP contribution in [0.3, 0.4) is 0 Å². The molecular formula is C18H21NO4S2. The number of hydrogen-bond acceptors (Lipinski definition) is 5. The van der Waals surface area contributed by atoms with Crippen LogP contribution in [0.15, 0.2) is 47.4 Å². The van der Waals surface area contributed by atoms with Crippen molar-refractivity contribution in [1.29, 1.82) is 0 Å². The van der Waals surface area contributed by atoms with Crippen molar-refractivity contribution in [3.05, 3.63) is 53.6 Å². The zero-order chi connectivity index (χ0) is 18.0. The Kier molecular flexibility index (Phi) is 5.27. The zero-order valence-corrected chi connectivity index (χ0v) is 16.1. The second kappa shape index (κ2) is 7.27. The molecule has 2 aromatic carbocycles. The number of thioether (sulfide) groups is 1. The van der Waals surface area contributed by atoms with E-state index in [2.05, 4.69) is 0 Å². The molecule has 0 radical (unpaired) electrons. The summed E-state index contributed by atoms with van der Waals surface area (Å²) in [7, 11) is -0.400. The molecule has 3 rings (SSSR count). The third-order valence-corrected chi connectivity index (χ3v) is 7.39. The van der Waals surface area contributed by atoms with Crippen LogP contribution in [0, 0.1) is 6.92 Å². The van der Waals surface area contributed by atoms with Crippen LogP contribution in [-0.4, -0.2) is 39.2 Å². The van der Waals surface area contributed by atoms with Gasteiger partial charge in [0.05, 0.1) is 24.5 Å². The molecule has 134 valence electrons. The Bertz CT molecular complexity index is 867. The molecule has 2 aromatic rings. The first-order chi connectivity index (χ1) is 12.0. The van der Waals surface area contributed by atoms with E-state index in [9.17, 15) is 8.42 Å². The molecule has 0 aliphatic carbocycles. The summed E-state index contributed by atoms with van der Waals surface area (Å²) < 4.78 is 38.4. The van der Waals surface area contributed by atoms with Gasteiger partial charge in [0.25, 0.3) is 0 Å². The van der Waals surface area contributed by atoms with Crippen LogP contribution in [0.2, 0.25) is 0 Å². The van der Waals surface area contributed by atoms with Gasteiger partial charge in [0.15, 0.2) is 11.5 Å². The molecule has 1 aliphatic rings. The predicted octanol–water partition coefficient (Wildman–Crippen LogP) is 3.45. The van der Waals surface area contributed by atoms with Gasteiger partial charge in [0.2, 0.25) is 10.0 Å². The molecule has 25 heavy (non-hydrogen) atoms. The first-order valence-corrected chi connectivity index (χ1v) is 10.4. The summed E-state index contributed by atoms with van der Waals surface area (Å²) in [5.41, 5.74) is 1.81. The van der Waals surface area contributed by atoms with Crippen molar-refractivity contribution < 1.29 is 17.9 Å². The largest absolute Gasteiger partial charge is 0.493 e. The van der Waals surface area contributed by atoms with Crippen molar-refractivity contribution in [3.63, 3.8) is 0 Å². The number of rotatable bonds is 5. The van der Waals surface area contributed by atoms with Crippen molar-refractivity contribution in [2.75, 3.05) is 26.5 Å². The quantitative estimate of drug-likeness (QED) is 0.796. The highest BCUT2D eigenvalue weighted by molar-refractivity contribution is 8.01. The molecule has 5 nitrogen and oxygen atoms in total. The maximum absolute atomic E-state index is 13.1. The third kappa shape index (κ3) is 3.49. The van der Waals surface area contributed by atoms with Crippen LogP contribution in [0.1, 0.15) is 16.5 Å². The van der Waals surface area contributed by atoms with Crippen molar-refractivity contribution in [2.45, 2.75) is 17.2 Å². The number of nitrogens with zero attached hydrogens (tertiary/aromatic N) is 1. The van der Waals surface area contributed by atoms with E-state index in [-0.39, 0.29) is 5.37 Å². The van der Waals surface area contributed by atoms with Crippen LogP contribution in [0.5, 0.6) is 11.5 Å². The number of sulfonamides is 1. The van der Waals surface area contributed by atoms with Gasteiger partial charge in [-0.2, -0.15) is 4.31 Å². The van der Waals surface area contributed by atoms with E-state index in [1.54, 1.807) is 48.5 Å².